The van der Waals surface area contributed by atoms with E-state index in [1.165, 1.54) is 12.1 Å². The van der Waals surface area contributed by atoms with Gasteiger partial charge >= 0.3 is 0 Å². The van der Waals surface area contributed by atoms with Gasteiger partial charge in [0.1, 0.15) is 15.6 Å². The number of carbonyl (C=O) groups is 2. The van der Waals surface area contributed by atoms with Crippen LogP contribution in [0, 0.1) is 5.82 Å². The molecule has 11 heteroatoms. The van der Waals surface area contributed by atoms with E-state index in [2.05, 4.69) is 20.9 Å². The molecule has 5 rings (SSSR count). The zero-order valence-corrected chi connectivity index (χ0v) is 22.1. The average molecular weight is 545 g/mol. The van der Waals surface area contributed by atoms with Crippen LogP contribution in [0.1, 0.15) is 45.6 Å². The maximum absolute atomic E-state index is 13.7. The van der Waals surface area contributed by atoms with Gasteiger partial charge in [-0.2, -0.15) is 0 Å². The molecule has 1 aliphatic heterocycles. The molecule has 0 unspecified atom stereocenters. The summed E-state index contributed by atoms with van der Waals surface area (Å²) in [5.41, 5.74) is 1.92. The van der Waals surface area contributed by atoms with Crippen LogP contribution in [-0.4, -0.2) is 56.6 Å². The third-order valence-corrected chi connectivity index (χ3v) is 10.1. The quantitative estimate of drug-likeness (QED) is 0.365. The molecule has 4 N–H and O–H groups in total. The molecule has 2 aromatic heterocycles. The molecule has 0 radical (unpaired) electrons. The van der Waals surface area contributed by atoms with Gasteiger partial charge in [-0.1, -0.05) is 12.2 Å². The molecule has 0 bridgehead atoms. The van der Waals surface area contributed by atoms with Crippen molar-refractivity contribution < 1.29 is 22.4 Å². The van der Waals surface area contributed by atoms with Crippen molar-refractivity contribution in [2.45, 2.75) is 41.9 Å². The first-order valence-electron chi connectivity index (χ1n) is 12.3. The summed E-state index contributed by atoms with van der Waals surface area (Å²) >= 11 is 0.975. The Morgan fingerprint density at radius 2 is 2.00 bits per heavy atom. The van der Waals surface area contributed by atoms with E-state index in [4.69, 9.17) is 0 Å². The second-order valence-electron chi connectivity index (χ2n) is 9.62. The van der Waals surface area contributed by atoms with Crippen molar-refractivity contribution in [3.63, 3.8) is 0 Å². The number of sulfone groups is 1. The Bertz CT molecular complexity index is 1500. The van der Waals surface area contributed by atoms with Crippen molar-refractivity contribution in [3.8, 4) is 0 Å². The van der Waals surface area contributed by atoms with E-state index in [-0.39, 0.29) is 15.9 Å². The molecule has 2 amide bonds. The first-order valence-corrected chi connectivity index (χ1v) is 15.0. The van der Waals surface area contributed by atoms with Crippen LogP contribution < -0.4 is 16.0 Å². The Hall–Kier alpha value is -3.02. The van der Waals surface area contributed by atoms with Crippen LogP contribution in [0.2, 0.25) is 0 Å². The Morgan fingerprint density at radius 1 is 1.22 bits per heavy atom. The predicted octanol–water partition coefficient (Wildman–Crippen LogP) is 2.94. The summed E-state index contributed by atoms with van der Waals surface area (Å²) in [5.74, 6) is -1.02. The lowest BCUT2D eigenvalue weighted by atomic mass is 9.86. The van der Waals surface area contributed by atoms with Crippen molar-refractivity contribution >= 4 is 50.0 Å². The van der Waals surface area contributed by atoms with Gasteiger partial charge in [0.15, 0.2) is 9.84 Å². The molecule has 37 heavy (non-hydrogen) atoms. The Kier molecular flexibility index (Phi) is 6.95. The summed E-state index contributed by atoms with van der Waals surface area (Å²) in [6.07, 6.45) is 9.26. The molecule has 1 fully saturated rings. The van der Waals surface area contributed by atoms with E-state index < -0.39 is 21.3 Å². The number of amides is 2. The molecule has 3 aromatic rings. The number of hydrogen-bond acceptors (Lipinski definition) is 6. The van der Waals surface area contributed by atoms with Crippen LogP contribution >= 0.6 is 11.3 Å². The fraction of sp³-hybridized carbons (Fsp3) is 0.385. The van der Waals surface area contributed by atoms with E-state index in [9.17, 15) is 22.4 Å². The van der Waals surface area contributed by atoms with Crippen LogP contribution in [0.15, 0.2) is 34.7 Å². The lowest BCUT2D eigenvalue weighted by Crippen LogP contribution is -2.63. The molecule has 0 spiro atoms. The zero-order chi connectivity index (χ0) is 26.2. The summed E-state index contributed by atoms with van der Waals surface area (Å²) < 4.78 is 38.6. The largest absolute Gasteiger partial charge is 0.361 e. The van der Waals surface area contributed by atoms with Gasteiger partial charge in [-0.05, 0) is 74.5 Å². The van der Waals surface area contributed by atoms with E-state index in [0.29, 0.717) is 55.8 Å². The van der Waals surface area contributed by atoms with Crippen LogP contribution in [0.4, 0.5) is 4.39 Å². The number of fused-ring (bicyclic) bond motifs is 2. The number of H-pyrrole nitrogens is 1. The molecule has 8 nitrogen and oxygen atoms in total. The maximum Gasteiger partial charge on any atom is 0.262 e. The first-order chi connectivity index (χ1) is 17.7. The SMILES string of the molecule is CS(=O)(=O)c1sc(C(=O)NC2(C(=O)NCCc3c[nH]c4ccc(F)cc34)CCNCC2)c2c1C=CCC2. The number of aromatic nitrogens is 1. The molecule has 1 aliphatic carbocycles. The number of carbonyl (C=O) groups excluding carboxylic acids is 2. The summed E-state index contributed by atoms with van der Waals surface area (Å²) in [7, 11) is -3.50. The topological polar surface area (TPSA) is 120 Å². The number of hydrogen-bond donors (Lipinski definition) is 4. The van der Waals surface area contributed by atoms with Crippen molar-refractivity contribution in [3.05, 3.63) is 57.9 Å². The van der Waals surface area contributed by atoms with Gasteiger partial charge in [-0.3, -0.25) is 9.59 Å². The number of rotatable bonds is 7. The molecule has 0 atom stereocenters. The predicted molar refractivity (Wildman–Crippen MR) is 142 cm³/mol. The minimum absolute atomic E-state index is 0.183. The van der Waals surface area contributed by atoms with Crippen molar-refractivity contribution in [1.29, 1.82) is 0 Å². The molecule has 2 aliphatic rings. The zero-order valence-electron chi connectivity index (χ0n) is 20.4. The highest BCUT2D eigenvalue weighted by Gasteiger charge is 2.42. The van der Waals surface area contributed by atoms with Crippen molar-refractivity contribution in [1.82, 2.24) is 20.9 Å². The number of thiophene rings is 1. The number of allylic oxidation sites excluding steroid dienone is 1. The Morgan fingerprint density at radius 3 is 2.76 bits per heavy atom. The van der Waals surface area contributed by atoms with E-state index in [1.807, 2.05) is 12.3 Å². The van der Waals surface area contributed by atoms with Gasteiger partial charge < -0.3 is 20.9 Å². The summed E-state index contributed by atoms with van der Waals surface area (Å²) in [5, 5.41) is 9.96. The molecular weight excluding hydrogens is 515 g/mol. The van der Waals surface area contributed by atoms with Gasteiger partial charge in [0.2, 0.25) is 5.91 Å². The maximum atomic E-state index is 13.7. The van der Waals surface area contributed by atoms with Crippen molar-refractivity contribution in [2.24, 2.45) is 0 Å². The number of halogens is 1. The smallest absolute Gasteiger partial charge is 0.262 e. The first kappa shape index (κ1) is 25.6. The molecule has 1 saturated heterocycles. The Balaban J connectivity index is 1.34. The second-order valence-corrected chi connectivity index (χ2v) is 12.9. The van der Waals surface area contributed by atoms with Crippen LogP contribution in [-0.2, 0) is 27.5 Å². The van der Waals surface area contributed by atoms with E-state index >= 15 is 0 Å². The number of aromatic amines is 1. The highest BCUT2D eigenvalue weighted by Crippen LogP contribution is 2.37. The summed E-state index contributed by atoms with van der Waals surface area (Å²) in [6, 6.07) is 4.55. The minimum Gasteiger partial charge on any atom is -0.361 e. The second kappa shape index (κ2) is 10.0. The lowest BCUT2D eigenvalue weighted by Gasteiger charge is -2.37. The van der Waals surface area contributed by atoms with E-state index in [1.54, 1.807) is 12.1 Å². The summed E-state index contributed by atoms with van der Waals surface area (Å²) in [6.45, 7) is 1.45. The third kappa shape index (κ3) is 5.07. The molecule has 196 valence electrons. The van der Waals surface area contributed by atoms with Gasteiger partial charge in [0.05, 0.1) is 4.88 Å². The minimum atomic E-state index is -3.50. The fourth-order valence-electron chi connectivity index (χ4n) is 5.13. The van der Waals surface area contributed by atoms with Crippen LogP contribution in [0.3, 0.4) is 0 Å². The van der Waals surface area contributed by atoms with Crippen LogP contribution in [0.25, 0.3) is 17.0 Å². The fourth-order valence-corrected chi connectivity index (χ4v) is 7.54. The standard InChI is InChI=1S/C26H29FN4O4S2/c1-37(34,35)24-19-5-3-2-4-18(19)22(36-24)23(32)31-26(9-12-28-13-10-26)25(33)29-11-8-16-15-30-21-7-6-17(27)14-20(16)21/h3,5-7,14-15,28,30H,2,4,8-13H2,1H3,(H,29,33)(H,31,32). The Labute approximate surface area is 218 Å². The highest BCUT2D eigenvalue weighted by molar-refractivity contribution is 7.92. The number of nitrogens with one attached hydrogen (secondary N) is 4. The molecular formula is C26H29FN4O4S2. The molecule has 1 aromatic carbocycles. The number of piperidine rings is 1. The molecule has 3 heterocycles. The van der Waals surface area contributed by atoms with Crippen molar-refractivity contribution in [2.75, 3.05) is 25.9 Å². The molecule has 0 saturated carbocycles. The third-order valence-electron chi connectivity index (χ3n) is 7.06. The number of benzene rings is 1. The normalized spacial score (nSPS) is 16.9. The van der Waals surface area contributed by atoms with E-state index in [0.717, 1.165) is 46.0 Å². The van der Waals surface area contributed by atoms with Gasteiger partial charge in [0.25, 0.3) is 5.91 Å². The summed E-state index contributed by atoms with van der Waals surface area (Å²) in [4.78, 5) is 30.4. The van der Waals surface area contributed by atoms with Gasteiger partial charge in [0, 0.05) is 35.5 Å². The average Bonchev–Trinajstić information content (AvgIpc) is 3.46. The highest BCUT2D eigenvalue weighted by atomic mass is 32.2. The lowest BCUT2D eigenvalue weighted by molar-refractivity contribution is -0.128. The van der Waals surface area contributed by atoms with Crippen LogP contribution in [0.5, 0.6) is 0 Å². The van der Waals surface area contributed by atoms with Gasteiger partial charge in [-0.15, -0.1) is 11.3 Å². The van der Waals surface area contributed by atoms with Gasteiger partial charge in [-0.25, -0.2) is 12.8 Å². The monoisotopic (exact) mass is 544 g/mol.